The van der Waals surface area contributed by atoms with Crippen LogP contribution >= 0.6 is 0 Å². The van der Waals surface area contributed by atoms with Crippen molar-refractivity contribution in [2.45, 2.75) is 13.5 Å². The van der Waals surface area contributed by atoms with E-state index >= 15 is 0 Å². The third-order valence-electron chi connectivity index (χ3n) is 4.18. The van der Waals surface area contributed by atoms with Crippen molar-refractivity contribution in [3.05, 3.63) is 23.8 Å². The number of methoxy groups -OCH3 is 2. The fraction of sp³-hybridized carbons (Fsp3) is 0.562. The van der Waals surface area contributed by atoms with Crippen LogP contribution in [-0.2, 0) is 11.3 Å². The molecule has 1 aromatic carbocycles. The average molecular weight is 292 g/mol. The Morgan fingerprint density at radius 2 is 2.10 bits per heavy atom. The number of carbonyl (C=O) groups is 1. The normalized spacial score (nSPS) is 16.0. The second-order valence-electron chi connectivity index (χ2n) is 5.55. The molecule has 1 amide bonds. The number of hydrogen-bond donors (Lipinski definition) is 1. The number of amides is 1. The monoisotopic (exact) mass is 292 g/mol. The Hall–Kier alpha value is -1.75. The van der Waals surface area contributed by atoms with E-state index in [2.05, 4.69) is 5.32 Å². The summed E-state index contributed by atoms with van der Waals surface area (Å²) in [6.07, 6.45) is 0. The lowest BCUT2D eigenvalue weighted by Gasteiger charge is -2.34. The number of rotatable bonds is 6. The van der Waals surface area contributed by atoms with Crippen LogP contribution in [0.2, 0.25) is 0 Å². The molecule has 2 rings (SSSR count). The van der Waals surface area contributed by atoms with Crippen molar-refractivity contribution >= 4 is 5.91 Å². The van der Waals surface area contributed by atoms with Gasteiger partial charge in [0.1, 0.15) is 0 Å². The van der Waals surface area contributed by atoms with E-state index in [1.54, 1.807) is 19.1 Å². The van der Waals surface area contributed by atoms with Crippen molar-refractivity contribution in [2.24, 2.45) is 11.8 Å². The molecule has 1 saturated heterocycles. The summed E-state index contributed by atoms with van der Waals surface area (Å²) in [4.78, 5) is 14.2. The zero-order chi connectivity index (χ0) is 15.4. The van der Waals surface area contributed by atoms with Gasteiger partial charge in [0, 0.05) is 25.1 Å². The molecule has 1 aromatic rings. The summed E-state index contributed by atoms with van der Waals surface area (Å²) < 4.78 is 10.7. The molecule has 1 unspecified atom stereocenters. The third-order valence-corrected chi connectivity index (χ3v) is 4.18. The van der Waals surface area contributed by atoms with Crippen LogP contribution in [0, 0.1) is 11.8 Å². The smallest absolute Gasteiger partial charge is 0.225 e. The molecule has 1 fully saturated rings. The van der Waals surface area contributed by atoms with E-state index in [4.69, 9.17) is 9.47 Å². The van der Waals surface area contributed by atoms with Crippen molar-refractivity contribution < 1.29 is 14.3 Å². The van der Waals surface area contributed by atoms with Crippen LogP contribution in [0.4, 0.5) is 0 Å². The van der Waals surface area contributed by atoms with Gasteiger partial charge in [-0.25, -0.2) is 0 Å². The largest absolute Gasteiger partial charge is 0.493 e. The number of carbonyl (C=O) groups excluding carboxylic acids is 1. The lowest BCUT2D eigenvalue weighted by molar-refractivity contribution is -0.136. The Bertz CT molecular complexity index is 500. The van der Waals surface area contributed by atoms with Crippen molar-refractivity contribution in [3.63, 3.8) is 0 Å². The van der Waals surface area contributed by atoms with E-state index in [1.807, 2.05) is 32.2 Å². The van der Waals surface area contributed by atoms with Crippen molar-refractivity contribution in [1.29, 1.82) is 0 Å². The predicted molar refractivity (Wildman–Crippen MR) is 81.5 cm³/mol. The van der Waals surface area contributed by atoms with Gasteiger partial charge in [-0.05, 0) is 25.1 Å². The van der Waals surface area contributed by atoms with Gasteiger partial charge in [0.25, 0.3) is 0 Å². The van der Waals surface area contributed by atoms with Crippen LogP contribution in [0.15, 0.2) is 18.2 Å². The molecular weight excluding hydrogens is 268 g/mol. The number of nitrogens with one attached hydrogen (secondary N) is 1. The maximum Gasteiger partial charge on any atom is 0.225 e. The van der Waals surface area contributed by atoms with Crippen molar-refractivity contribution in [1.82, 2.24) is 10.2 Å². The second kappa shape index (κ2) is 6.80. The minimum Gasteiger partial charge on any atom is -0.493 e. The standard InChI is InChI=1S/C16H24N2O3/c1-11(13-8-17-9-13)16(19)18(2)10-12-6-5-7-14(20-3)15(12)21-4/h5-7,11,13,17H,8-10H2,1-4H3. The van der Waals surface area contributed by atoms with E-state index in [9.17, 15) is 4.79 Å². The molecule has 0 spiro atoms. The first kappa shape index (κ1) is 15.6. The molecule has 0 radical (unpaired) electrons. The van der Waals surface area contributed by atoms with Crippen molar-refractivity contribution in [3.8, 4) is 11.5 Å². The van der Waals surface area contributed by atoms with E-state index in [-0.39, 0.29) is 11.8 Å². The molecule has 0 bridgehead atoms. The number of hydrogen-bond acceptors (Lipinski definition) is 4. The predicted octanol–water partition coefficient (Wildman–Crippen LogP) is 1.52. The molecular formula is C16H24N2O3. The third kappa shape index (κ3) is 3.29. The highest BCUT2D eigenvalue weighted by Crippen LogP contribution is 2.31. The summed E-state index contributed by atoms with van der Waals surface area (Å²) in [5.74, 6) is 2.05. The van der Waals surface area contributed by atoms with Crippen LogP contribution < -0.4 is 14.8 Å². The lowest BCUT2D eigenvalue weighted by Crippen LogP contribution is -2.49. The van der Waals surface area contributed by atoms with Crippen LogP contribution in [0.3, 0.4) is 0 Å². The molecule has 1 aliphatic rings. The molecule has 1 atom stereocenters. The molecule has 116 valence electrons. The molecule has 0 aromatic heterocycles. The van der Waals surface area contributed by atoms with Crippen LogP contribution in [0.1, 0.15) is 12.5 Å². The maximum atomic E-state index is 12.5. The van der Waals surface area contributed by atoms with Crippen LogP contribution in [-0.4, -0.2) is 45.2 Å². The van der Waals surface area contributed by atoms with Gasteiger partial charge in [-0.2, -0.15) is 0 Å². The van der Waals surface area contributed by atoms with Gasteiger partial charge in [0.05, 0.1) is 14.2 Å². The molecule has 1 aliphatic heterocycles. The van der Waals surface area contributed by atoms with E-state index in [0.717, 1.165) is 18.7 Å². The summed E-state index contributed by atoms with van der Waals surface area (Å²) in [5.41, 5.74) is 0.951. The molecule has 5 heteroatoms. The number of nitrogens with zero attached hydrogens (tertiary/aromatic N) is 1. The topological polar surface area (TPSA) is 50.8 Å². The minimum atomic E-state index is 0.0489. The van der Waals surface area contributed by atoms with Crippen LogP contribution in [0.25, 0.3) is 0 Å². The van der Waals surface area contributed by atoms with Gasteiger partial charge in [0.2, 0.25) is 5.91 Å². The maximum absolute atomic E-state index is 12.5. The minimum absolute atomic E-state index is 0.0489. The van der Waals surface area contributed by atoms with Gasteiger partial charge >= 0.3 is 0 Å². The molecule has 0 saturated carbocycles. The number of benzene rings is 1. The Morgan fingerprint density at radius 3 is 2.62 bits per heavy atom. The van der Waals surface area contributed by atoms with E-state index < -0.39 is 0 Å². The lowest BCUT2D eigenvalue weighted by atomic mass is 9.88. The summed E-state index contributed by atoms with van der Waals surface area (Å²) >= 11 is 0. The van der Waals surface area contributed by atoms with Gasteiger partial charge in [0.15, 0.2) is 11.5 Å². The fourth-order valence-electron chi connectivity index (χ4n) is 2.63. The first-order valence-electron chi connectivity index (χ1n) is 7.24. The Kier molecular flexibility index (Phi) is 5.07. The summed E-state index contributed by atoms with van der Waals surface area (Å²) in [6.45, 7) is 4.39. The summed E-state index contributed by atoms with van der Waals surface area (Å²) in [7, 11) is 5.07. The zero-order valence-corrected chi connectivity index (χ0v) is 13.2. The summed E-state index contributed by atoms with van der Waals surface area (Å²) in [6, 6.07) is 5.72. The first-order valence-corrected chi connectivity index (χ1v) is 7.24. The average Bonchev–Trinajstić information content (AvgIpc) is 2.44. The highest BCUT2D eigenvalue weighted by atomic mass is 16.5. The van der Waals surface area contributed by atoms with Crippen LogP contribution in [0.5, 0.6) is 11.5 Å². The highest BCUT2D eigenvalue weighted by molar-refractivity contribution is 5.78. The quantitative estimate of drug-likeness (QED) is 0.863. The molecule has 0 aliphatic carbocycles. The SMILES string of the molecule is COc1cccc(CN(C)C(=O)C(C)C2CNC2)c1OC. The highest BCUT2D eigenvalue weighted by Gasteiger charge is 2.30. The molecule has 1 N–H and O–H groups in total. The number of para-hydroxylation sites is 1. The first-order chi connectivity index (χ1) is 10.1. The van der Waals surface area contributed by atoms with Gasteiger partial charge in [-0.15, -0.1) is 0 Å². The fourth-order valence-corrected chi connectivity index (χ4v) is 2.63. The molecule has 1 heterocycles. The zero-order valence-electron chi connectivity index (χ0n) is 13.2. The molecule has 21 heavy (non-hydrogen) atoms. The van der Waals surface area contributed by atoms with Crippen molar-refractivity contribution in [2.75, 3.05) is 34.4 Å². The Morgan fingerprint density at radius 1 is 1.38 bits per heavy atom. The number of ether oxygens (including phenoxy) is 2. The summed E-state index contributed by atoms with van der Waals surface area (Å²) in [5, 5.41) is 3.21. The Labute approximate surface area is 126 Å². The van der Waals surface area contributed by atoms with Gasteiger partial charge in [-0.3, -0.25) is 4.79 Å². The van der Waals surface area contributed by atoms with Gasteiger partial charge < -0.3 is 19.7 Å². The second-order valence-corrected chi connectivity index (χ2v) is 5.55. The van der Waals surface area contributed by atoms with E-state index in [0.29, 0.717) is 24.0 Å². The van der Waals surface area contributed by atoms with E-state index in [1.165, 1.54) is 0 Å². The van der Waals surface area contributed by atoms with Gasteiger partial charge in [-0.1, -0.05) is 19.1 Å². The Balaban J connectivity index is 2.08. The molecule has 5 nitrogen and oxygen atoms in total.